The van der Waals surface area contributed by atoms with Crippen LogP contribution in [0.1, 0.15) is 25.3 Å². The van der Waals surface area contributed by atoms with E-state index in [0.29, 0.717) is 6.04 Å². The third kappa shape index (κ3) is 4.07. The Balaban J connectivity index is 1.89. The average molecular weight is 250 g/mol. The summed E-state index contributed by atoms with van der Waals surface area (Å²) in [7, 11) is 0. The van der Waals surface area contributed by atoms with Crippen molar-refractivity contribution in [3.05, 3.63) is 35.6 Å². The molecule has 0 aliphatic carbocycles. The summed E-state index contributed by atoms with van der Waals surface area (Å²) in [5, 5.41) is 3.43. The monoisotopic (exact) mass is 250 g/mol. The molecule has 0 bridgehead atoms. The SMILES string of the molecule is CC(Cc1ccc(F)cc1)N1CCCNCCC1. The van der Waals surface area contributed by atoms with Crippen LogP contribution in [0.4, 0.5) is 4.39 Å². The topological polar surface area (TPSA) is 15.3 Å². The number of rotatable bonds is 3. The van der Waals surface area contributed by atoms with Gasteiger partial charge in [0.2, 0.25) is 0 Å². The Hall–Kier alpha value is -0.930. The Morgan fingerprint density at radius 1 is 1.17 bits per heavy atom. The third-order valence-corrected chi connectivity index (χ3v) is 3.67. The molecular formula is C15H23FN2. The van der Waals surface area contributed by atoms with E-state index in [1.54, 1.807) is 12.1 Å². The zero-order valence-electron chi connectivity index (χ0n) is 11.2. The van der Waals surface area contributed by atoms with Gasteiger partial charge in [0.05, 0.1) is 0 Å². The molecule has 0 radical (unpaired) electrons. The number of hydrogen-bond acceptors (Lipinski definition) is 2. The van der Waals surface area contributed by atoms with Gasteiger partial charge >= 0.3 is 0 Å². The Bertz CT molecular complexity index is 342. The second-order valence-corrected chi connectivity index (χ2v) is 5.17. The van der Waals surface area contributed by atoms with E-state index in [-0.39, 0.29) is 5.82 Å². The van der Waals surface area contributed by atoms with Gasteiger partial charge in [0, 0.05) is 6.04 Å². The first-order chi connectivity index (χ1) is 8.75. The zero-order chi connectivity index (χ0) is 12.8. The van der Waals surface area contributed by atoms with Gasteiger partial charge in [-0.3, -0.25) is 0 Å². The van der Waals surface area contributed by atoms with Crippen LogP contribution in [0.2, 0.25) is 0 Å². The normalized spacial score (nSPS) is 20.1. The molecular weight excluding hydrogens is 227 g/mol. The van der Waals surface area contributed by atoms with Crippen LogP contribution in [0.3, 0.4) is 0 Å². The first-order valence-electron chi connectivity index (χ1n) is 6.95. The van der Waals surface area contributed by atoms with Crippen LogP contribution in [0.25, 0.3) is 0 Å². The Kier molecular flexibility index (Phi) is 5.14. The lowest BCUT2D eigenvalue weighted by atomic mass is 10.0. The van der Waals surface area contributed by atoms with Crippen LogP contribution in [0.15, 0.2) is 24.3 Å². The van der Waals surface area contributed by atoms with Crippen molar-refractivity contribution in [2.45, 2.75) is 32.2 Å². The zero-order valence-corrected chi connectivity index (χ0v) is 11.2. The van der Waals surface area contributed by atoms with E-state index in [2.05, 4.69) is 17.1 Å². The molecule has 0 amide bonds. The highest BCUT2D eigenvalue weighted by Gasteiger charge is 2.15. The van der Waals surface area contributed by atoms with Crippen LogP contribution in [-0.2, 0) is 6.42 Å². The summed E-state index contributed by atoms with van der Waals surface area (Å²) in [5.74, 6) is -0.149. The van der Waals surface area contributed by atoms with Crippen LogP contribution >= 0.6 is 0 Å². The number of hydrogen-bond donors (Lipinski definition) is 1. The maximum Gasteiger partial charge on any atom is 0.123 e. The molecule has 0 saturated carbocycles. The molecule has 2 rings (SSSR count). The van der Waals surface area contributed by atoms with Gasteiger partial charge in [0.1, 0.15) is 5.82 Å². The molecule has 18 heavy (non-hydrogen) atoms. The fourth-order valence-electron chi connectivity index (χ4n) is 2.58. The number of halogens is 1. The number of nitrogens with zero attached hydrogens (tertiary/aromatic N) is 1. The smallest absolute Gasteiger partial charge is 0.123 e. The lowest BCUT2D eigenvalue weighted by Gasteiger charge is -2.31. The van der Waals surface area contributed by atoms with Crippen molar-refractivity contribution in [2.24, 2.45) is 0 Å². The summed E-state index contributed by atoms with van der Waals surface area (Å²) in [6.07, 6.45) is 3.44. The lowest BCUT2D eigenvalue weighted by Crippen LogP contribution is -2.40. The molecule has 1 aromatic carbocycles. The molecule has 1 N–H and O–H groups in total. The molecule has 1 heterocycles. The van der Waals surface area contributed by atoms with E-state index in [0.717, 1.165) is 32.6 Å². The summed E-state index contributed by atoms with van der Waals surface area (Å²) in [4.78, 5) is 2.56. The molecule has 1 aliphatic heterocycles. The maximum atomic E-state index is 12.9. The quantitative estimate of drug-likeness (QED) is 0.886. The highest BCUT2D eigenvalue weighted by Crippen LogP contribution is 2.11. The minimum atomic E-state index is -0.149. The van der Waals surface area contributed by atoms with Crippen LogP contribution < -0.4 is 5.32 Å². The molecule has 2 nitrogen and oxygen atoms in total. The summed E-state index contributed by atoms with van der Waals surface area (Å²) < 4.78 is 12.9. The van der Waals surface area contributed by atoms with Gasteiger partial charge in [-0.1, -0.05) is 12.1 Å². The van der Waals surface area contributed by atoms with Crippen molar-refractivity contribution in [3.8, 4) is 0 Å². The van der Waals surface area contributed by atoms with Crippen molar-refractivity contribution in [1.82, 2.24) is 10.2 Å². The van der Waals surface area contributed by atoms with Crippen LogP contribution in [0.5, 0.6) is 0 Å². The van der Waals surface area contributed by atoms with Gasteiger partial charge in [0.15, 0.2) is 0 Å². The van der Waals surface area contributed by atoms with E-state index in [4.69, 9.17) is 0 Å². The molecule has 0 aromatic heterocycles. The highest BCUT2D eigenvalue weighted by atomic mass is 19.1. The van der Waals surface area contributed by atoms with Crippen molar-refractivity contribution < 1.29 is 4.39 Å². The summed E-state index contributed by atoms with van der Waals surface area (Å²) in [6.45, 7) is 6.85. The Morgan fingerprint density at radius 3 is 2.39 bits per heavy atom. The molecule has 3 heteroatoms. The molecule has 100 valence electrons. The van der Waals surface area contributed by atoms with Gasteiger partial charge in [-0.15, -0.1) is 0 Å². The van der Waals surface area contributed by atoms with Gasteiger partial charge in [-0.05, 0) is 70.1 Å². The maximum absolute atomic E-state index is 12.9. The van der Waals surface area contributed by atoms with Crippen LogP contribution in [-0.4, -0.2) is 37.1 Å². The predicted molar refractivity (Wildman–Crippen MR) is 73.2 cm³/mol. The number of benzene rings is 1. The molecule has 1 saturated heterocycles. The van der Waals surface area contributed by atoms with Crippen molar-refractivity contribution in [2.75, 3.05) is 26.2 Å². The van der Waals surface area contributed by atoms with Gasteiger partial charge in [0.25, 0.3) is 0 Å². The molecule has 1 atom stereocenters. The highest BCUT2D eigenvalue weighted by molar-refractivity contribution is 5.17. The minimum Gasteiger partial charge on any atom is -0.317 e. The average Bonchev–Trinajstić information content (AvgIpc) is 2.31. The molecule has 0 spiro atoms. The third-order valence-electron chi connectivity index (χ3n) is 3.67. The van der Waals surface area contributed by atoms with Crippen molar-refractivity contribution in [3.63, 3.8) is 0 Å². The summed E-state index contributed by atoms with van der Waals surface area (Å²) in [5.41, 5.74) is 1.23. The Morgan fingerprint density at radius 2 is 1.78 bits per heavy atom. The standard InChI is InChI=1S/C15H23FN2/c1-13(12-14-4-6-15(16)7-5-14)18-10-2-8-17-9-3-11-18/h4-7,13,17H,2-3,8-12H2,1H3. The molecule has 1 fully saturated rings. The summed E-state index contributed by atoms with van der Waals surface area (Å²) in [6, 6.07) is 7.45. The fraction of sp³-hybridized carbons (Fsp3) is 0.600. The lowest BCUT2D eigenvalue weighted by molar-refractivity contribution is 0.193. The number of nitrogens with one attached hydrogen (secondary N) is 1. The van der Waals surface area contributed by atoms with Gasteiger partial charge in [-0.25, -0.2) is 4.39 Å². The predicted octanol–water partition coefficient (Wildman–Crippen LogP) is 2.44. The molecule has 1 aromatic rings. The second kappa shape index (κ2) is 6.86. The first-order valence-corrected chi connectivity index (χ1v) is 6.95. The van der Waals surface area contributed by atoms with Gasteiger partial charge < -0.3 is 10.2 Å². The summed E-state index contributed by atoms with van der Waals surface area (Å²) >= 11 is 0. The van der Waals surface area contributed by atoms with Crippen molar-refractivity contribution >= 4 is 0 Å². The van der Waals surface area contributed by atoms with E-state index >= 15 is 0 Å². The van der Waals surface area contributed by atoms with E-state index < -0.39 is 0 Å². The first kappa shape index (κ1) is 13.5. The van der Waals surface area contributed by atoms with Crippen LogP contribution in [0, 0.1) is 5.82 Å². The fourth-order valence-corrected chi connectivity index (χ4v) is 2.58. The minimum absolute atomic E-state index is 0.149. The van der Waals surface area contributed by atoms with E-state index in [1.807, 2.05) is 12.1 Å². The molecule has 1 unspecified atom stereocenters. The molecule has 1 aliphatic rings. The van der Waals surface area contributed by atoms with E-state index in [1.165, 1.54) is 18.4 Å². The second-order valence-electron chi connectivity index (χ2n) is 5.17. The van der Waals surface area contributed by atoms with Crippen molar-refractivity contribution in [1.29, 1.82) is 0 Å². The Labute approximate surface area is 109 Å². The largest absolute Gasteiger partial charge is 0.317 e. The van der Waals surface area contributed by atoms with Gasteiger partial charge in [-0.2, -0.15) is 0 Å². The van der Waals surface area contributed by atoms with E-state index in [9.17, 15) is 4.39 Å².